The molecule has 12 nitrogen and oxygen atoms in total. The molecule has 0 aliphatic heterocycles. The predicted octanol–water partition coefficient (Wildman–Crippen LogP) is 3.37. The van der Waals surface area contributed by atoms with Crippen molar-refractivity contribution in [2.75, 3.05) is 7.11 Å². The highest BCUT2D eigenvalue weighted by Gasteiger charge is 2.61. The van der Waals surface area contributed by atoms with Crippen LogP contribution in [0.4, 0.5) is 0 Å². The number of carbonyl (C=O) groups is 4. The molecule has 12 heteroatoms. The van der Waals surface area contributed by atoms with E-state index < -0.39 is 79.4 Å². The summed E-state index contributed by atoms with van der Waals surface area (Å²) >= 11 is 0. The number of H-pyrrole nitrogens is 1. The Kier molecular flexibility index (Phi) is 6.01. The van der Waals surface area contributed by atoms with Crippen molar-refractivity contribution in [1.82, 2.24) is 4.98 Å². The number of ketones is 4. The van der Waals surface area contributed by atoms with Gasteiger partial charge in [0.05, 0.1) is 46.7 Å². The molecule has 0 saturated carbocycles. The van der Waals surface area contributed by atoms with E-state index in [1.54, 1.807) is 12.1 Å². The fourth-order valence-corrected chi connectivity index (χ4v) is 6.61. The number of phenols is 3. The predicted molar refractivity (Wildman–Crippen MR) is 157 cm³/mol. The number of pyridine rings is 1. The summed E-state index contributed by atoms with van der Waals surface area (Å²) in [5.41, 5.74) is -3.98. The molecule has 7 rings (SSSR count). The maximum absolute atomic E-state index is 14.1. The molecular formula is C33H22N2O10. The highest BCUT2D eigenvalue weighted by molar-refractivity contribution is 6.38. The number of hydrogen-bond acceptors (Lipinski definition) is 11. The lowest BCUT2D eigenvalue weighted by Gasteiger charge is -2.22. The number of aryl methyl sites for hydroxylation is 1. The average molecular weight is 607 g/mol. The Bertz CT molecular complexity index is 2180. The van der Waals surface area contributed by atoms with Crippen molar-refractivity contribution in [2.45, 2.75) is 24.9 Å². The molecule has 3 aliphatic carbocycles. The van der Waals surface area contributed by atoms with Crippen molar-refractivity contribution in [3.05, 3.63) is 109 Å². The number of nitrogens with zero attached hydrogens (tertiary/aromatic N) is 1. The Morgan fingerprint density at radius 3 is 2.29 bits per heavy atom. The minimum atomic E-state index is -2.11. The van der Waals surface area contributed by atoms with Crippen LogP contribution in [0.2, 0.25) is 0 Å². The molecule has 4 aromatic rings. The van der Waals surface area contributed by atoms with Crippen LogP contribution in [0.25, 0.3) is 10.8 Å². The molecule has 0 bridgehead atoms. The minimum absolute atomic E-state index is 0.120. The van der Waals surface area contributed by atoms with Crippen molar-refractivity contribution in [2.24, 2.45) is 5.16 Å². The van der Waals surface area contributed by atoms with Gasteiger partial charge in [-0.1, -0.05) is 41.6 Å². The fourth-order valence-electron chi connectivity index (χ4n) is 6.61. The monoisotopic (exact) mass is 606 g/mol. The Morgan fingerprint density at radius 2 is 1.60 bits per heavy atom. The van der Waals surface area contributed by atoms with Gasteiger partial charge in [0.2, 0.25) is 5.78 Å². The van der Waals surface area contributed by atoms with E-state index in [0.29, 0.717) is 10.9 Å². The summed E-state index contributed by atoms with van der Waals surface area (Å²) in [5, 5.41) is 37.8. The number of oxime groups is 1. The third kappa shape index (κ3) is 3.71. The van der Waals surface area contributed by atoms with E-state index in [-0.39, 0.29) is 36.1 Å². The van der Waals surface area contributed by atoms with Gasteiger partial charge in [0, 0.05) is 11.6 Å². The first kappa shape index (κ1) is 27.8. The number of aromatic amines is 1. The van der Waals surface area contributed by atoms with Crippen molar-refractivity contribution in [3.8, 4) is 17.2 Å². The first-order valence-corrected chi connectivity index (χ1v) is 13.8. The summed E-state index contributed by atoms with van der Waals surface area (Å²) in [7, 11) is 1.13. The van der Waals surface area contributed by atoms with Gasteiger partial charge in [-0.25, -0.2) is 0 Å². The van der Waals surface area contributed by atoms with Crippen LogP contribution in [0.1, 0.15) is 70.2 Å². The molecule has 0 fully saturated rings. The molecule has 1 heterocycles. The van der Waals surface area contributed by atoms with Crippen molar-refractivity contribution in [1.29, 1.82) is 0 Å². The fraction of sp³-hybridized carbons (Fsp3) is 0.152. The van der Waals surface area contributed by atoms with Crippen LogP contribution in [-0.4, -0.2) is 56.8 Å². The van der Waals surface area contributed by atoms with Crippen LogP contribution < -0.4 is 5.56 Å². The maximum Gasteiger partial charge on any atom is 0.260 e. The van der Waals surface area contributed by atoms with Gasteiger partial charge in [-0.15, -0.1) is 0 Å². The molecule has 45 heavy (non-hydrogen) atoms. The molecule has 224 valence electrons. The van der Waals surface area contributed by atoms with E-state index in [9.17, 15) is 39.3 Å². The van der Waals surface area contributed by atoms with E-state index in [1.807, 2.05) is 30.3 Å². The van der Waals surface area contributed by atoms with Gasteiger partial charge in [0.15, 0.2) is 23.1 Å². The first-order chi connectivity index (χ1) is 21.6. The van der Waals surface area contributed by atoms with Crippen molar-refractivity contribution in [3.63, 3.8) is 0 Å². The Morgan fingerprint density at radius 1 is 0.911 bits per heavy atom. The molecule has 0 radical (unpaired) electrons. The molecule has 4 N–H and O–H groups in total. The molecule has 3 aliphatic rings. The van der Waals surface area contributed by atoms with Crippen LogP contribution in [-0.2, 0) is 28.0 Å². The zero-order valence-electron chi connectivity index (χ0n) is 23.5. The molecule has 1 atom stereocenters. The average Bonchev–Trinajstić information content (AvgIpc) is 3.51. The highest BCUT2D eigenvalue weighted by Crippen LogP contribution is 2.57. The zero-order chi connectivity index (χ0) is 31.8. The van der Waals surface area contributed by atoms with Gasteiger partial charge < -0.3 is 29.9 Å². The van der Waals surface area contributed by atoms with E-state index in [2.05, 4.69) is 10.1 Å². The van der Waals surface area contributed by atoms with Crippen LogP contribution in [0.5, 0.6) is 17.2 Å². The number of Topliss-reactive ketones (excluding diaryl/α,β-unsaturated/α-hetero) is 3. The number of ether oxygens (including phenoxy) is 1. The van der Waals surface area contributed by atoms with Gasteiger partial charge >= 0.3 is 0 Å². The van der Waals surface area contributed by atoms with Crippen LogP contribution in [0.3, 0.4) is 0 Å². The van der Waals surface area contributed by atoms with Crippen LogP contribution in [0, 0.1) is 0 Å². The second-order valence-corrected chi connectivity index (χ2v) is 10.9. The van der Waals surface area contributed by atoms with Crippen LogP contribution >= 0.6 is 0 Å². The molecule has 1 unspecified atom stereocenters. The van der Waals surface area contributed by atoms with Gasteiger partial charge in [-0.2, -0.15) is 0 Å². The normalized spacial score (nSPS) is 18.5. The Labute approximate surface area is 252 Å². The van der Waals surface area contributed by atoms with Gasteiger partial charge in [0.25, 0.3) is 5.56 Å². The summed E-state index contributed by atoms with van der Waals surface area (Å²) in [4.78, 5) is 75.1. The number of nitrogens with one attached hydrogen (secondary N) is 1. The summed E-state index contributed by atoms with van der Waals surface area (Å²) in [6.07, 6.45) is 2.08. The van der Waals surface area contributed by atoms with Gasteiger partial charge in [-0.3, -0.25) is 24.0 Å². The van der Waals surface area contributed by atoms with Crippen molar-refractivity contribution >= 4 is 40.1 Å². The summed E-state index contributed by atoms with van der Waals surface area (Å²) < 4.78 is 4.92. The Balaban J connectivity index is 1.32. The topological polar surface area (TPSA) is 193 Å². The lowest BCUT2D eigenvalue weighted by Crippen LogP contribution is -2.36. The third-order valence-corrected chi connectivity index (χ3v) is 8.60. The second-order valence-electron chi connectivity index (χ2n) is 10.9. The molecular weight excluding hydrogens is 584 g/mol. The zero-order valence-corrected chi connectivity index (χ0v) is 23.5. The standard InChI is InChI=1S/C33H22N2O10/c1-44-19-11-18(36)21-22(26(19)37)28(39)24-23(27(21)38)30(41)33(31(24)42)8-7-15-9-16-10-17(35-32(43)20(16)29(40)25(15)33)12-34-45-13-14-5-3-2-4-6-14/h2-6,9-12,38-40H,7-8,13H2,1H3,(H,35,43)/b34-12+. The molecule has 1 aromatic heterocycles. The number of allylic oxidation sites excluding steroid dienone is 2. The number of hydrogen-bond donors (Lipinski definition) is 4. The molecule has 3 aromatic carbocycles. The van der Waals surface area contributed by atoms with Crippen molar-refractivity contribution < 1.29 is 44.1 Å². The first-order valence-electron chi connectivity index (χ1n) is 13.8. The molecule has 0 amide bonds. The molecule has 0 saturated heterocycles. The highest BCUT2D eigenvalue weighted by atomic mass is 16.6. The number of aromatic nitrogens is 1. The second kappa shape index (κ2) is 9.74. The van der Waals surface area contributed by atoms with Crippen LogP contribution in [0.15, 0.2) is 64.3 Å². The number of benzene rings is 3. The lowest BCUT2D eigenvalue weighted by molar-refractivity contribution is 0.0790. The minimum Gasteiger partial charge on any atom is -0.507 e. The van der Waals surface area contributed by atoms with E-state index in [1.165, 1.54) is 6.21 Å². The van der Waals surface area contributed by atoms with E-state index >= 15 is 0 Å². The third-order valence-electron chi connectivity index (χ3n) is 8.60. The summed E-state index contributed by atoms with van der Waals surface area (Å²) in [6.45, 7) is 0.205. The summed E-state index contributed by atoms with van der Waals surface area (Å²) in [5.74, 6) is -6.72. The van der Waals surface area contributed by atoms with Gasteiger partial charge in [0.1, 0.15) is 29.3 Å². The number of aromatic hydroxyl groups is 3. The largest absolute Gasteiger partial charge is 0.507 e. The number of phenolic OH excluding ortho intramolecular Hbond substituents is 3. The van der Waals surface area contributed by atoms with Gasteiger partial charge in [-0.05, 0) is 35.4 Å². The number of carbonyl (C=O) groups excluding carboxylic acids is 4. The smallest absolute Gasteiger partial charge is 0.260 e. The maximum atomic E-state index is 14.1. The summed E-state index contributed by atoms with van der Waals surface area (Å²) in [6, 6.07) is 12.5. The Hall–Kier alpha value is -6.04. The van der Waals surface area contributed by atoms with E-state index in [0.717, 1.165) is 18.7 Å². The van der Waals surface area contributed by atoms with E-state index in [4.69, 9.17) is 9.57 Å². The number of rotatable bonds is 5. The SMILES string of the molecule is COC1=CC(=O)c2c(O)c3c(c(O)c2C1=O)C(=O)C1(CCc2cc4cc(/C=N/OCc5ccccc5)[nH]c(=O)c4c(O)c21)C3=O. The molecule has 1 spiro atoms. The quantitative estimate of drug-likeness (QED) is 0.113. The number of methoxy groups -OCH3 is 1. The lowest BCUT2D eigenvalue weighted by atomic mass is 9.76. The number of fused-ring (bicyclic) bond motifs is 5.